The third-order valence-electron chi connectivity index (χ3n) is 2.68. The van der Waals surface area contributed by atoms with Gasteiger partial charge in [0.2, 0.25) is 0 Å². The number of hydrogen-bond acceptors (Lipinski definition) is 2. The lowest BCUT2D eigenvalue weighted by Gasteiger charge is -2.17. The molecular weight excluding hydrogens is 349 g/mol. The Morgan fingerprint density at radius 1 is 1.25 bits per heavy atom. The van der Waals surface area contributed by atoms with Crippen molar-refractivity contribution in [1.82, 2.24) is 0 Å². The van der Waals surface area contributed by atoms with Crippen LogP contribution in [0.4, 0.5) is 10.1 Å². The van der Waals surface area contributed by atoms with E-state index in [1.165, 1.54) is 24.3 Å². The van der Waals surface area contributed by atoms with Gasteiger partial charge in [-0.3, -0.25) is 0 Å². The van der Waals surface area contributed by atoms with E-state index in [4.69, 9.17) is 11.6 Å². The second-order valence-corrected chi connectivity index (χ2v) is 5.38. The normalized spacial score (nSPS) is 11.9. The van der Waals surface area contributed by atoms with Crippen LogP contribution in [0.1, 0.15) is 11.6 Å². The summed E-state index contributed by atoms with van der Waals surface area (Å²) in [6.45, 7) is 0. The lowest BCUT2D eigenvalue weighted by molar-refractivity contribution is -0.138. The van der Waals surface area contributed by atoms with Crippen LogP contribution >= 0.6 is 27.5 Å². The number of benzene rings is 2. The third-order valence-corrected chi connectivity index (χ3v) is 3.60. The zero-order valence-electron chi connectivity index (χ0n) is 10.1. The van der Waals surface area contributed by atoms with E-state index in [0.29, 0.717) is 20.7 Å². The molecule has 0 heterocycles. The predicted molar refractivity (Wildman–Crippen MR) is 79.6 cm³/mol. The van der Waals surface area contributed by atoms with Crippen molar-refractivity contribution in [2.24, 2.45) is 0 Å². The van der Waals surface area contributed by atoms with Crippen LogP contribution in [0.15, 0.2) is 46.9 Å². The highest BCUT2D eigenvalue weighted by Gasteiger charge is 2.22. The number of anilines is 1. The Morgan fingerprint density at radius 3 is 2.45 bits per heavy atom. The van der Waals surface area contributed by atoms with Crippen LogP contribution in [-0.4, -0.2) is 11.1 Å². The van der Waals surface area contributed by atoms with Crippen LogP contribution in [0.3, 0.4) is 0 Å². The zero-order chi connectivity index (χ0) is 14.7. The van der Waals surface area contributed by atoms with Gasteiger partial charge >= 0.3 is 5.97 Å². The van der Waals surface area contributed by atoms with Gasteiger partial charge in [-0.2, -0.15) is 0 Å². The Balaban J connectivity index is 2.31. The fourth-order valence-corrected chi connectivity index (χ4v) is 2.63. The van der Waals surface area contributed by atoms with E-state index in [1.54, 1.807) is 18.2 Å². The van der Waals surface area contributed by atoms with Gasteiger partial charge in [0.15, 0.2) is 6.04 Å². The number of aliphatic carboxylic acids is 1. The Kier molecular flexibility index (Phi) is 4.62. The highest BCUT2D eigenvalue weighted by molar-refractivity contribution is 9.10. The lowest BCUT2D eigenvalue weighted by atomic mass is 10.1. The maximum absolute atomic E-state index is 12.8. The smallest absolute Gasteiger partial charge is 0.330 e. The monoisotopic (exact) mass is 357 g/mol. The average Bonchev–Trinajstić information content (AvgIpc) is 2.39. The second-order valence-electron chi connectivity index (χ2n) is 4.09. The first-order valence-electron chi connectivity index (χ1n) is 5.67. The molecule has 2 aromatic carbocycles. The summed E-state index contributed by atoms with van der Waals surface area (Å²) in [7, 11) is 0. The van der Waals surface area contributed by atoms with Crippen molar-refractivity contribution in [2.45, 2.75) is 6.04 Å². The Bertz CT molecular complexity index is 634. The van der Waals surface area contributed by atoms with Crippen LogP contribution in [0.5, 0.6) is 0 Å². The zero-order valence-corrected chi connectivity index (χ0v) is 12.5. The van der Waals surface area contributed by atoms with E-state index in [1.807, 2.05) is 0 Å². The molecule has 0 spiro atoms. The van der Waals surface area contributed by atoms with Gasteiger partial charge in [0.1, 0.15) is 5.82 Å². The largest absolute Gasteiger partial charge is 0.479 e. The molecule has 0 aliphatic heterocycles. The van der Waals surface area contributed by atoms with Crippen molar-refractivity contribution >= 4 is 39.2 Å². The van der Waals surface area contributed by atoms with Crippen molar-refractivity contribution in [3.8, 4) is 0 Å². The van der Waals surface area contributed by atoms with E-state index >= 15 is 0 Å². The maximum atomic E-state index is 12.8. The number of rotatable bonds is 4. The molecule has 0 aliphatic carbocycles. The van der Waals surface area contributed by atoms with Crippen LogP contribution in [0.25, 0.3) is 0 Å². The van der Waals surface area contributed by atoms with E-state index < -0.39 is 12.0 Å². The third kappa shape index (κ3) is 3.49. The molecule has 0 fully saturated rings. The second kappa shape index (κ2) is 6.24. The van der Waals surface area contributed by atoms with E-state index in [-0.39, 0.29) is 5.82 Å². The van der Waals surface area contributed by atoms with Gasteiger partial charge < -0.3 is 10.4 Å². The Labute approximate surface area is 128 Å². The average molecular weight is 359 g/mol. The van der Waals surface area contributed by atoms with Crippen LogP contribution < -0.4 is 5.32 Å². The predicted octanol–water partition coefficient (Wildman–Crippen LogP) is 4.48. The summed E-state index contributed by atoms with van der Waals surface area (Å²) < 4.78 is 13.4. The summed E-state index contributed by atoms with van der Waals surface area (Å²) in [6.07, 6.45) is 0. The number of carboxylic acid groups (broad SMARTS) is 1. The summed E-state index contributed by atoms with van der Waals surface area (Å²) in [6, 6.07) is 9.39. The molecule has 0 radical (unpaired) electrons. The molecule has 1 atom stereocenters. The molecule has 104 valence electrons. The number of carbonyl (C=O) groups is 1. The molecule has 1 unspecified atom stereocenters. The van der Waals surface area contributed by atoms with Crippen molar-refractivity contribution in [1.29, 1.82) is 0 Å². The molecule has 20 heavy (non-hydrogen) atoms. The minimum Gasteiger partial charge on any atom is -0.479 e. The van der Waals surface area contributed by atoms with Gasteiger partial charge in [0.25, 0.3) is 0 Å². The van der Waals surface area contributed by atoms with Crippen molar-refractivity contribution in [3.05, 3.63) is 63.3 Å². The van der Waals surface area contributed by atoms with Crippen molar-refractivity contribution in [3.63, 3.8) is 0 Å². The molecule has 0 aliphatic rings. The van der Waals surface area contributed by atoms with Crippen LogP contribution in [0.2, 0.25) is 5.02 Å². The SMILES string of the molecule is O=C(O)C(Nc1ccc(F)cc1)c1ccc(Cl)cc1Br. The van der Waals surface area contributed by atoms with Crippen molar-refractivity contribution < 1.29 is 14.3 Å². The molecule has 0 bridgehead atoms. The molecule has 2 rings (SSSR count). The summed E-state index contributed by atoms with van der Waals surface area (Å²) in [5.74, 6) is -1.42. The standard InChI is InChI=1S/C14H10BrClFNO2/c15-12-7-8(16)1-6-11(12)13(14(19)20)18-10-4-2-9(17)3-5-10/h1-7,13,18H,(H,19,20). The molecule has 0 saturated heterocycles. The number of carboxylic acids is 1. The van der Waals surface area contributed by atoms with E-state index in [0.717, 1.165) is 0 Å². The topological polar surface area (TPSA) is 49.3 Å². The minimum atomic E-state index is -1.04. The van der Waals surface area contributed by atoms with Gasteiger partial charge in [-0.25, -0.2) is 9.18 Å². The number of halogens is 3. The van der Waals surface area contributed by atoms with Gasteiger partial charge in [0.05, 0.1) is 0 Å². The quantitative estimate of drug-likeness (QED) is 0.847. The first kappa shape index (κ1) is 14.8. The molecule has 2 N–H and O–H groups in total. The van der Waals surface area contributed by atoms with Gasteiger partial charge in [-0.1, -0.05) is 33.6 Å². The van der Waals surface area contributed by atoms with Crippen LogP contribution in [-0.2, 0) is 4.79 Å². The maximum Gasteiger partial charge on any atom is 0.330 e. The van der Waals surface area contributed by atoms with Gasteiger partial charge in [0, 0.05) is 15.2 Å². The fourth-order valence-electron chi connectivity index (χ4n) is 1.72. The first-order chi connectivity index (χ1) is 9.47. The Hall–Kier alpha value is -1.59. The molecule has 0 saturated carbocycles. The Morgan fingerprint density at radius 2 is 1.90 bits per heavy atom. The summed E-state index contributed by atoms with van der Waals surface area (Å²) in [5.41, 5.74) is 1.05. The van der Waals surface area contributed by atoms with Crippen LogP contribution in [0, 0.1) is 5.82 Å². The molecule has 6 heteroatoms. The number of hydrogen-bond donors (Lipinski definition) is 2. The molecule has 0 amide bonds. The molecule has 0 aromatic heterocycles. The molecule has 3 nitrogen and oxygen atoms in total. The fraction of sp³-hybridized carbons (Fsp3) is 0.0714. The highest BCUT2D eigenvalue weighted by Crippen LogP contribution is 2.29. The summed E-state index contributed by atoms with van der Waals surface area (Å²) in [4.78, 5) is 11.4. The van der Waals surface area contributed by atoms with Gasteiger partial charge in [-0.05, 0) is 42.0 Å². The highest BCUT2D eigenvalue weighted by atomic mass is 79.9. The van der Waals surface area contributed by atoms with Crippen molar-refractivity contribution in [2.75, 3.05) is 5.32 Å². The first-order valence-corrected chi connectivity index (χ1v) is 6.84. The summed E-state index contributed by atoms with van der Waals surface area (Å²) >= 11 is 9.13. The molecular formula is C14H10BrClFNO2. The van der Waals surface area contributed by atoms with E-state index in [2.05, 4.69) is 21.2 Å². The van der Waals surface area contributed by atoms with Gasteiger partial charge in [-0.15, -0.1) is 0 Å². The summed E-state index contributed by atoms with van der Waals surface area (Å²) in [5, 5.41) is 12.7. The lowest BCUT2D eigenvalue weighted by Crippen LogP contribution is -2.20. The molecule has 2 aromatic rings. The van der Waals surface area contributed by atoms with E-state index in [9.17, 15) is 14.3 Å². The number of nitrogens with one attached hydrogen (secondary N) is 1. The minimum absolute atomic E-state index is 0.380.